The van der Waals surface area contributed by atoms with Crippen molar-refractivity contribution >= 4 is 5.97 Å². The Kier molecular flexibility index (Phi) is 3.31. The van der Waals surface area contributed by atoms with Gasteiger partial charge < -0.3 is 4.74 Å². The number of pyridine rings is 1. The van der Waals surface area contributed by atoms with E-state index in [1.807, 2.05) is 30.3 Å². The Morgan fingerprint density at radius 2 is 1.94 bits per heavy atom. The average Bonchev–Trinajstić information content (AvgIpc) is 2.40. The molecule has 0 aliphatic carbocycles. The van der Waals surface area contributed by atoms with Crippen LogP contribution in [0.15, 0.2) is 61.6 Å². The fourth-order valence-electron chi connectivity index (χ4n) is 1.48. The molecule has 0 unspecified atom stereocenters. The molecule has 0 atom stereocenters. The zero-order chi connectivity index (χ0) is 12.1. The second kappa shape index (κ2) is 5.07. The molecule has 0 aliphatic heterocycles. The normalized spacial score (nSPS) is 9.65. The van der Waals surface area contributed by atoms with Crippen LogP contribution in [-0.2, 0) is 4.74 Å². The molecule has 0 fully saturated rings. The Bertz CT molecular complexity index is 535. The molecular weight excluding hydrogens is 214 g/mol. The van der Waals surface area contributed by atoms with Gasteiger partial charge in [-0.05, 0) is 11.6 Å². The number of carbonyl (C=O) groups is 1. The van der Waals surface area contributed by atoms with E-state index in [0.29, 0.717) is 5.56 Å². The van der Waals surface area contributed by atoms with Crippen molar-refractivity contribution in [3.63, 3.8) is 0 Å². The minimum absolute atomic E-state index is 0.409. The molecule has 2 rings (SSSR count). The van der Waals surface area contributed by atoms with Crippen LogP contribution in [0.2, 0.25) is 0 Å². The fourth-order valence-corrected chi connectivity index (χ4v) is 1.48. The lowest BCUT2D eigenvalue weighted by molar-refractivity contribution is 0.0664. The molecule has 0 N–H and O–H groups in total. The lowest BCUT2D eigenvalue weighted by Crippen LogP contribution is -2.01. The summed E-state index contributed by atoms with van der Waals surface area (Å²) in [7, 11) is 0. The highest BCUT2D eigenvalue weighted by Crippen LogP contribution is 2.19. The molecule has 1 aromatic heterocycles. The van der Waals surface area contributed by atoms with E-state index in [4.69, 9.17) is 4.74 Å². The van der Waals surface area contributed by atoms with Crippen LogP contribution in [0.4, 0.5) is 0 Å². The van der Waals surface area contributed by atoms with E-state index in [2.05, 4.69) is 11.6 Å². The standard InChI is InChI=1S/C14H11NO2/c1-2-17-14(16)13-8-12(9-15-10-13)11-6-4-3-5-7-11/h2-10H,1H2. The van der Waals surface area contributed by atoms with Crippen LogP contribution in [0.5, 0.6) is 0 Å². The third-order valence-corrected chi connectivity index (χ3v) is 2.27. The van der Waals surface area contributed by atoms with Crippen LogP contribution < -0.4 is 0 Å². The third-order valence-electron chi connectivity index (χ3n) is 2.27. The van der Waals surface area contributed by atoms with E-state index < -0.39 is 5.97 Å². The molecule has 1 heterocycles. The number of aromatic nitrogens is 1. The summed E-state index contributed by atoms with van der Waals surface area (Å²) in [6, 6.07) is 11.5. The summed E-state index contributed by atoms with van der Waals surface area (Å²) in [5.41, 5.74) is 2.30. The molecule has 84 valence electrons. The molecule has 0 spiro atoms. The Balaban J connectivity index is 2.35. The Morgan fingerprint density at radius 1 is 1.18 bits per heavy atom. The first-order valence-corrected chi connectivity index (χ1v) is 5.13. The van der Waals surface area contributed by atoms with E-state index >= 15 is 0 Å². The number of hydrogen-bond acceptors (Lipinski definition) is 3. The van der Waals surface area contributed by atoms with Gasteiger partial charge in [-0.25, -0.2) is 4.79 Å². The molecule has 1 aromatic carbocycles. The summed E-state index contributed by atoms with van der Waals surface area (Å²) in [4.78, 5) is 15.5. The van der Waals surface area contributed by atoms with E-state index in [0.717, 1.165) is 17.4 Å². The highest BCUT2D eigenvalue weighted by atomic mass is 16.5. The molecule has 3 heteroatoms. The van der Waals surface area contributed by atoms with Crippen molar-refractivity contribution in [3.05, 3.63) is 67.2 Å². The SMILES string of the molecule is C=COC(=O)c1cncc(-c2ccccc2)c1. The predicted octanol–water partition coefficient (Wildman–Crippen LogP) is 3.05. The van der Waals surface area contributed by atoms with Gasteiger partial charge in [0, 0.05) is 18.0 Å². The zero-order valence-electron chi connectivity index (χ0n) is 9.17. The molecule has 0 aliphatic rings. The van der Waals surface area contributed by atoms with E-state index in [-0.39, 0.29) is 0 Å². The number of esters is 1. The van der Waals surface area contributed by atoms with Gasteiger partial charge in [-0.3, -0.25) is 4.98 Å². The monoisotopic (exact) mass is 225 g/mol. The van der Waals surface area contributed by atoms with Gasteiger partial charge in [0.05, 0.1) is 11.8 Å². The summed E-state index contributed by atoms with van der Waals surface area (Å²) < 4.78 is 4.70. The van der Waals surface area contributed by atoms with E-state index in [9.17, 15) is 4.79 Å². The van der Waals surface area contributed by atoms with Crippen molar-refractivity contribution in [2.75, 3.05) is 0 Å². The first kappa shape index (κ1) is 11.1. The summed E-state index contributed by atoms with van der Waals surface area (Å²) >= 11 is 0. The average molecular weight is 225 g/mol. The van der Waals surface area contributed by atoms with Crippen LogP contribution >= 0.6 is 0 Å². The summed E-state index contributed by atoms with van der Waals surface area (Å²) in [5, 5.41) is 0. The molecule has 0 saturated heterocycles. The second-order valence-electron chi connectivity index (χ2n) is 3.40. The minimum Gasteiger partial charge on any atom is -0.431 e. The largest absolute Gasteiger partial charge is 0.431 e. The summed E-state index contributed by atoms with van der Waals surface area (Å²) in [6.45, 7) is 3.34. The lowest BCUT2D eigenvalue weighted by Gasteiger charge is -2.03. The highest BCUT2D eigenvalue weighted by Gasteiger charge is 2.07. The number of rotatable bonds is 3. The number of benzene rings is 1. The maximum Gasteiger partial charge on any atom is 0.344 e. The van der Waals surface area contributed by atoms with Gasteiger partial charge >= 0.3 is 5.97 Å². The summed E-state index contributed by atoms with van der Waals surface area (Å²) in [5.74, 6) is -0.453. The van der Waals surface area contributed by atoms with Crippen LogP contribution in [-0.4, -0.2) is 11.0 Å². The van der Waals surface area contributed by atoms with Gasteiger partial charge in [0.25, 0.3) is 0 Å². The Labute approximate surface area is 99.4 Å². The Hall–Kier alpha value is -2.42. The van der Waals surface area contributed by atoms with Crippen molar-refractivity contribution in [1.82, 2.24) is 4.98 Å². The van der Waals surface area contributed by atoms with Crippen LogP contribution in [0.25, 0.3) is 11.1 Å². The molecular formula is C14H11NO2. The van der Waals surface area contributed by atoms with Gasteiger partial charge in [-0.2, -0.15) is 0 Å². The molecule has 0 amide bonds. The molecule has 0 radical (unpaired) electrons. The quantitative estimate of drug-likeness (QED) is 0.595. The van der Waals surface area contributed by atoms with Crippen LogP contribution in [0, 0.1) is 0 Å². The third kappa shape index (κ3) is 2.58. The topological polar surface area (TPSA) is 39.2 Å². The van der Waals surface area contributed by atoms with E-state index in [1.165, 1.54) is 6.20 Å². The number of nitrogens with zero attached hydrogens (tertiary/aromatic N) is 1. The van der Waals surface area contributed by atoms with Gasteiger partial charge in [-0.1, -0.05) is 36.9 Å². The van der Waals surface area contributed by atoms with E-state index in [1.54, 1.807) is 12.3 Å². The smallest absolute Gasteiger partial charge is 0.344 e. The van der Waals surface area contributed by atoms with Gasteiger partial charge in [0.2, 0.25) is 0 Å². The number of hydrogen-bond donors (Lipinski definition) is 0. The van der Waals surface area contributed by atoms with Gasteiger partial charge in [0.1, 0.15) is 0 Å². The lowest BCUT2D eigenvalue weighted by atomic mass is 10.1. The fraction of sp³-hybridized carbons (Fsp3) is 0. The maximum atomic E-state index is 11.5. The first-order chi connectivity index (χ1) is 8.31. The van der Waals surface area contributed by atoms with Crippen molar-refractivity contribution < 1.29 is 9.53 Å². The van der Waals surface area contributed by atoms with Crippen LogP contribution in [0.3, 0.4) is 0 Å². The Morgan fingerprint density at radius 3 is 2.65 bits per heavy atom. The summed E-state index contributed by atoms with van der Waals surface area (Å²) in [6.07, 6.45) is 4.29. The molecule has 2 aromatic rings. The minimum atomic E-state index is -0.453. The number of ether oxygens (including phenoxy) is 1. The highest BCUT2D eigenvalue weighted by molar-refractivity contribution is 5.90. The van der Waals surface area contributed by atoms with Crippen molar-refractivity contribution in [2.45, 2.75) is 0 Å². The zero-order valence-corrected chi connectivity index (χ0v) is 9.17. The molecule has 0 saturated carbocycles. The van der Waals surface area contributed by atoms with Gasteiger partial charge in [0.15, 0.2) is 0 Å². The number of carbonyl (C=O) groups excluding carboxylic acids is 1. The predicted molar refractivity (Wildman–Crippen MR) is 65.3 cm³/mol. The molecule has 3 nitrogen and oxygen atoms in total. The van der Waals surface area contributed by atoms with Gasteiger partial charge in [-0.15, -0.1) is 0 Å². The maximum absolute atomic E-state index is 11.5. The molecule has 0 bridgehead atoms. The van der Waals surface area contributed by atoms with Crippen molar-refractivity contribution in [3.8, 4) is 11.1 Å². The molecule has 17 heavy (non-hydrogen) atoms. The van der Waals surface area contributed by atoms with Crippen LogP contribution in [0.1, 0.15) is 10.4 Å². The van der Waals surface area contributed by atoms with Crippen molar-refractivity contribution in [2.24, 2.45) is 0 Å². The second-order valence-corrected chi connectivity index (χ2v) is 3.40. The van der Waals surface area contributed by atoms with Crippen molar-refractivity contribution in [1.29, 1.82) is 0 Å². The first-order valence-electron chi connectivity index (χ1n) is 5.13.